The second-order valence-electron chi connectivity index (χ2n) is 24.2. The van der Waals surface area contributed by atoms with Crippen LogP contribution in [-0.2, 0) is 26.5 Å². The largest absolute Gasteiger partial charge is 0.510 e. The van der Waals surface area contributed by atoms with Crippen LogP contribution in [-0.4, -0.2) is 30.3 Å². The van der Waals surface area contributed by atoms with Crippen molar-refractivity contribution in [1.29, 1.82) is 0 Å². The van der Waals surface area contributed by atoms with Gasteiger partial charge in [-0.1, -0.05) is 335 Å². The molecule has 103 heavy (non-hydrogen) atoms. The van der Waals surface area contributed by atoms with Gasteiger partial charge in [-0.2, -0.15) is 18.2 Å². The van der Waals surface area contributed by atoms with Crippen molar-refractivity contribution in [3.8, 4) is 62.1 Å². The van der Waals surface area contributed by atoms with Crippen molar-refractivity contribution in [2.24, 2.45) is 0 Å². The SMILES string of the molecule is [2H]c1c([2H])c([2H])c(-c2cc([Si](c3c([2H])c([2H])c([2H])c([2H])c3[2H])(c3c([2H])c([2H])c([2H])c([2H])c3[2H])c3c([2H])c([2H])c([2H])c([2H])c3[2H])c(-[n+]3[c-]n(-c4[c-]c(Oc5[c-]c6c(cc5)c5ccccc5n6-c5cc(C([2H])([2H])[2H])c(-c6c([2H])c([2H])c([2H])c([2H])c6[2H])cn5)ccc4)c4cc(-c5ccc(C(C)(C)C)cc5)ccc43)c([Si](c3c([2H])c([2H])c([2H])c([2H])c3[2H])(c3c([2H])c([2H])c([2H])c([2H])c3[2H])c3c([2H])c([2H])c([2H])c([2H])c3[2H])c2)c([2H])c1[2H].[Pt]. The Labute approximate surface area is 679 Å². The van der Waals surface area contributed by atoms with E-state index in [1.165, 1.54) is 57.7 Å². The van der Waals surface area contributed by atoms with E-state index in [1.807, 2.05) is 32.9 Å². The molecule has 3 aromatic heterocycles. The number of hydrogen-bond acceptors (Lipinski definition) is 2. The number of aryl methyl sites for hydroxylation is 1. The third kappa shape index (κ3) is 11.8. The average molecular weight is 1580 g/mol. The first-order chi connectivity index (χ1) is 67.9. The summed E-state index contributed by atoms with van der Waals surface area (Å²) in [6.07, 6.45) is 4.35. The van der Waals surface area contributed by atoms with Crippen molar-refractivity contribution < 1.29 is 89.3 Å². The zero-order chi connectivity index (χ0) is 106. The van der Waals surface area contributed by atoms with Crippen molar-refractivity contribution >= 4 is 90.5 Å². The van der Waals surface area contributed by atoms with Crippen molar-refractivity contribution in [1.82, 2.24) is 14.1 Å². The molecule has 0 atom stereocenters. The van der Waals surface area contributed by atoms with Gasteiger partial charge in [-0.3, -0.25) is 4.57 Å². The Kier molecular flexibility index (Phi) is 9.02. The summed E-state index contributed by atoms with van der Waals surface area (Å²) in [6, 6.07) is -17.2. The zero-order valence-electron chi connectivity index (χ0n) is 97.1. The summed E-state index contributed by atoms with van der Waals surface area (Å²) in [5.41, 5.74) is -3.73. The maximum absolute atomic E-state index is 10.6. The van der Waals surface area contributed by atoms with Gasteiger partial charge < -0.3 is 13.9 Å². The molecule has 0 N–H and O–H groups in total. The summed E-state index contributed by atoms with van der Waals surface area (Å²) in [6.45, 7) is 2.80. The van der Waals surface area contributed by atoms with Gasteiger partial charge in [-0.05, 0) is 122 Å². The van der Waals surface area contributed by atoms with Crippen LogP contribution in [0.25, 0.3) is 83.4 Å². The Morgan fingerprint density at radius 3 is 1.44 bits per heavy atom. The first-order valence-electron chi connectivity index (χ1n) is 53.0. The van der Waals surface area contributed by atoms with Gasteiger partial charge in [0.25, 0.3) is 6.33 Å². The van der Waals surface area contributed by atoms with Crippen LogP contribution in [0.15, 0.2) is 363 Å². The Bertz CT molecular complexity index is 7790. The quantitative estimate of drug-likeness (QED) is 0.0418. The molecule has 17 rings (SSSR count). The fourth-order valence-corrected chi connectivity index (χ4v) is 21.2. The van der Waals surface area contributed by atoms with Crippen LogP contribution in [0.4, 0.5) is 0 Å². The maximum Gasteiger partial charge on any atom is 0.268 e. The molecule has 0 saturated carbocycles. The fourth-order valence-electron chi connectivity index (χ4n) is 13.0. The fraction of sp³-hybridized carbons (Fsp3) is 0.0526. The maximum atomic E-state index is 10.6. The number of rotatable bonds is 16. The molecule has 0 amide bonds. The van der Waals surface area contributed by atoms with E-state index in [0.29, 0.717) is 21.9 Å². The number of nitrogens with zero attached hydrogens (tertiary/aromatic N) is 4. The summed E-state index contributed by atoms with van der Waals surface area (Å²) in [4.78, 5) is 4.69. The summed E-state index contributed by atoms with van der Waals surface area (Å²) in [7, 11) is -14.7. The second-order valence-corrected chi connectivity index (χ2v) is 31.3. The minimum Gasteiger partial charge on any atom is -0.510 e. The molecule has 0 radical (unpaired) electrons. The van der Waals surface area contributed by atoms with Gasteiger partial charge in [0.05, 0.1) is 71.6 Å². The van der Waals surface area contributed by atoms with Gasteiger partial charge >= 0.3 is 0 Å². The van der Waals surface area contributed by atoms with Crippen molar-refractivity contribution in [3.05, 3.63) is 393 Å². The predicted octanol–water partition coefficient (Wildman–Crippen LogP) is 17.0. The number of ether oxygens (including phenoxy) is 1. The van der Waals surface area contributed by atoms with Crippen LogP contribution in [0.3, 0.4) is 0 Å². The molecule has 8 heteroatoms. The Morgan fingerprint density at radius 2 is 0.922 bits per heavy atom. The number of fused-ring (bicyclic) bond motifs is 4. The first-order valence-corrected chi connectivity index (χ1v) is 35.5. The number of imidazole rings is 1. The molecule has 5 nitrogen and oxygen atoms in total. The molecule has 0 aliphatic carbocycles. The molecule has 17 aromatic rings. The van der Waals surface area contributed by atoms with E-state index in [9.17, 15) is 46.6 Å². The summed E-state index contributed by atoms with van der Waals surface area (Å²) >= 11 is 0. The van der Waals surface area contributed by atoms with Crippen LogP contribution in [0.5, 0.6) is 11.5 Å². The topological polar surface area (TPSA) is 35.9 Å². The molecular weight excluding hydrogens is 1460 g/mol. The number of hydrogen-bond donors (Lipinski definition) is 0. The van der Waals surface area contributed by atoms with Crippen LogP contribution in [0, 0.1) is 25.3 Å². The Morgan fingerprint density at radius 1 is 0.437 bits per heavy atom. The zero-order valence-corrected chi connectivity index (χ0v) is 58.3. The molecule has 0 spiro atoms. The summed E-state index contributed by atoms with van der Waals surface area (Å²) in [5.74, 6) is -0.458. The molecule has 0 aliphatic rings. The van der Waals surface area contributed by atoms with E-state index in [4.69, 9.17) is 22.1 Å². The first kappa shape index (κ1) is 33.5. The van der Waals surface area contributed by atoms with Crippen molar-refractivity contribution in [2.45, 2.75) is 33.0 Å². The van der Waals surface area contributed by atoms with Crippen LogP contribution in [0.2, 0.25) is 0 Å². The van der Waals surface area contributed by atoms with Gasteiger partial charge in [0.2, 0.25) is 0 Å². The second kappa shape index (κ2) is 27.7. The molecule has 0 aliphatic heterocycles. The van der Waals surface area contributed by atoms with E-state index in [-0.39, 0.29) is 66.2 Å². The third-order valence-electron chi connectivity index (χ3n) is 17.6. The Balaban J connectivity index is 0.0000152. The molecule has 3 heterocycles. The minimum atomic E-state index is -7.33. The van der Waals surface area contributed by atoms with Crippen LogP contribution in [0.1, 0.15) is 90.8 Å². The standard InChI is InChI=1S/C95H72N4OSi2.Pt/c1-68-60-93(96-66-86(68)71-34-15-6-16-35-71)99-87-51-30-29-50-84(87)85-58-57-77(65-89(85)99)100-76-37-31-36-75(64-76)97-67-98(88-59-54-72(61-90(88)97)70-52-55-74(56-53-70)95(2,3)4)94-91(101(78-38-17-7-18-39-78,79-40-19-8-20-41-79)80-42-21-9-22-43-80)62-73(69-32-13-5-14-33-69)63-92(94)102(81-44-23-10-24-45-81,82-46-25-11-26-47-82)83-48-27-12-28-49-83;/h5-63,66H,1-4H3;/q-2;/i1D3,5D,6D,7D,8D,9D,10D,11D,12D,13D,14D,15D,16D,17D,18D,19D,20D,21D,22D,23D,24D,25D,26D,27D,28D,32D,33D,34D,35D,38D,39D,40D,41D,42D,43D,44D,45D,46D,47D,48D,49D;. The third-order valence-corrected chi connectivity index (χ3v) is 26.0. The normalized spacial score (nSPS) is 17.8. The number of pyridine rings is 1. The van der Waals surface area contributed by atoms with Crippen LogP contribution >= 0.6 is 0 Å². The molecule has 0 unspecified atom stereocenters. The van der Waals surface area contributed by atoms with E-state index >= 15 is 0 Å². The smallest absolute Gasteiger partial charge is 0.268 e. The van der Waals surface area contributed by atoms with Gasteiger partial charge in [0, 0.05) is 54.0 Å². The monoisotopic (exact) mass is 1580 g/mol. The van der Waals surface area contributed by atoms with Gasteiger partial charge in [0.1, 0.15) is 5.82 Å². The Hall–Kier alpha value is -11.6. The molecule has 0 bridgehead atoms. The predicted molar refractivity (Wildman–Crippen MR) is 427 cm³/mol. The summed E-state index contributed by atoms with van der Waals surface area (Å²) < 4.78 is 430. The van der Waals surface area contributed by atoms with E-state index in [0.717, 1.165) is 28.5 Å². The molecule has 0 saturated heterocycles. The molecule has 0 fully saturated rings. The van der Waals surface area contributed by atoms with E-state index < -0.39 is 345 Å². The van der Waals surface area contributed by atoms with Crippen LogP contribution < -0.4 is 50.8 Å². The van der Waals surface area contributed by atoms with Crippen molar-refractivity contribution in [2.75, 3.05) is 0 Å². The van der Waals surface area contributed by atoms with Gasteiger partial charge in [-0.25, -0.2) is 4.98 Å². The molecular formula is C95H72N4OPtSi2-2. The minimum absolute atomic E-state index is 0. The van der Waals surface area contributed by atoms with Crippen molar-refractivity contribution in [3.63, 3.8) is 0 Å². The molecule has 498 valence electrons. The number of para-hydroxylation sites is 1. The number of benzene rings is 14. The molecule has 14 aromatic carbocycles. The van der Waals surface area contributed by atoms with E-state index in [1.54, 1.807) is 42.5 Å². The van der Waals surface area contributed by atoms with E-state index in [2.05, 4.69) is 18.5 Å². The van der Waals surface area contributed by atoms with Gasteiger partial charge in [-0.15, -0.1) is 29.7 Å². The number of aromatic nitrogens is 4. The summed E-state index contributed by atoms with van der Waals surface area (Å²) in [5, 5.41) is -9.57. The average Bonchev–Trinajstić information content (AvgIpc) is 0.879. The van der Waals surface area contributed by atoms with Gasteiger partial charge in [0.15, 0.2) is 16.1 Å².